The number of aliphatic carboxylic acids is 1. The Labute approximate surface area is 126 Å². The van der Waals surface area contributed by atoms with Crippen molar-refractivity contribution in [2.45, 2.75) is 33.1 Å². The van der Waals surface area contributed by atoms with E-state index in [1.807, 2.05) is 13.8 Å². The minimum absolute atomic E-state index is 0.0363. The first-order chi connectivity index (χ1) is 9.73. The molecule has 0 spiro atoms. The predicted octanol–water partition coefficient (Wildman–Crippen LogP) is 0.901. The van der Waals surface area contributed by atoms with Crippen LogP contribution in [0.4, 0.5) is 4.79 Å². The van der Waals surface area contributed by atoms with Crippen LogP contribution in [0.2, 0.25) is 0 Å². The second-order valence-corrected chi connectivity index (χ2v) is 5.62. The number of nitrogens with one attached hydrogen (secondary N) is 2. The van der Waals surface area contributed by atoms with Gasteiger partial charge in [0.25, 0.3) is 0 Å². The Bertz CT molecular complexity index is 356. The third kappa shape index (κ3) is 9.70. The molecule has 0 saturated carbocycles. The molecule has 7 heteroatoms. The Hall–Kier alpha value is -1.79. The smallest absolute Gasteiger partial charge is 0.315 e. The highest BCUT2D eigenvalue weighted by atomic mass is 16.4. The Balaban J connectivity index is 3.95. The van der Waals surface area contributed by atoms with Crippen molar-refractivity contribution in [3.63, 3.8) is 0 Å². The molecule has 0 aromatic heterocycles. The number of rotatable bonds is 9. The Kier molecular flexibility index (Phi) is 9.16. The third-order valence-electron chi connectivity index (χ3n) is 3.37. The molecule has 0 rings (SSSR count). The first-order valence-corrected chi connectivity index (χ1v) is 7.17. The summed E-state index contributed by atoms with van der Waals surface area (Å²) in [6.45, 7) is 4.51. The quantitative estimate of drug-likeness (QED) is 0.589. The van der Waals surface area contributed by atoms with Crippen molar-refractivity contribution < 1.29 is 19.5 Å². The van der Waals surface area contributed by atoms with E-state index >= 15 is 0 Å². The van der Waals surface area contributed by atoms with Crippen LogP contribution in [0.5, 0.6) is 0 Å². The monoisotopic (exact) mass is 301 g/mol. The van der Waals surface area contributed by atoms with Gasteiger partial charge in [-0.1, -0.05) is 13.8 Å². The van der Waals surface area contributed by atoms with Crippen molar-refractivity contribution in [1.29, 1.82) is 0 Å². The van der Waals surface area contributed by atoms with Crippen molar-refractivity contribution in [2.75, 3.05) is 27.2 Å². The number of carbonyl (C=O) groups is 3. The molecule has 21 heavy (non-hydrogen) atoms. The lowest BCUT2D eigenvalue weighted by Crippen LogP contribution is -2.42. The van der Waals surface area contributed by atoms with E-state index in [0.29, 0.717) is 18.9 Å². The number of carbonyl (C=O) groups excluding carboxylic acids is 2. The molecule has 3 N–H and O–H groups in total. The Morgan fingerprint density at radius 2 is 1.71 bits per heavy atom. The minimum Gasteiger partial charge on any atom is -0.481 e. The van der Waals surface area contributed by atoms with Gasteiger partial charge in [0.2, 0.25) is 5.91 Å². The molecule has 0 fully saturated rings. The number of carboxylic acids is 1. The summed E-state index contributed by atoms with van der Waals surface area (Å²) >= 11 is 0. The van der Waals surface area contributed by atoms with E-state index in [1.54, 1.807) is 14.1 Å². The SMILES string of the molecule is CC(C)C(CCNC(=O)NCC(=O)N(C)C)CCC(=O)O. The van der Waals surface area contributed by atoms with Crippen molar-refractivity contribution in [2.24, 2.45) is 11.8 Å². The third-order valence-corrected chi connectivity index (χ3v) is 3.37. The van der Waals surface area contributed by atoms with E-state index in [9.17, 15) is 14.4 Å². The normalized spacial score (nSPS) is 11.9. The van der Waals surface area contributed by atoms with E-state index in [4.69, 9.17) is 5.11 Å². The van der Waals surface area contributed by atoms with Crippen LogP contribution in [0.25, 0.3) is 0 Å². The molecule has 0 aromatic rings. The molecular formula is C14H27N3O4. The molecule has 0 saturated heterocycles. The van der Waals surface area contributed by atoms with Gasteiger partial charge in [0.1, 0.15) is 0 Å². The maximum absolute atomic E-state index is 11.5. The number of hydrogen-bond donors (Lipinski definition) is 3. The lowest BCUT2D eigenvalue weighted by atomic mass is 9.88. The number of carboxylic acid groups (broad SMARTS) is 1. The molecular weight excluding hydrogens is 274 g/mol. The van der Waals surface area contributed by atoms with Crippen LogP contribution in [0, 0.1) is 11.8 Å². The molecule has 7 nitrogen and oxygen atoms in total. The second-order valence-electron chi connectivity index (χ2n) is 5.62. The molecule has 0 aliphatic carbocycles. The van der Waals surface area contributed by atoms with E-state index in [2.05, 4.69) is 10.6 Å². The minimum atomic E-state index is -0.798. The molecule has 0 bridgehead atoms. The fourth-order valence-corrected chi connectivity index (χ4v) is 1.87. The average Bonchev–Trinajstić information content (AvgIpc) is 2.38. The summed E-state index contributed by atoms with van der Waals surface area (Å²) in [7, 11) is 3.25. The standard InChI is InChI=1S/C14H27N3O4/c1-10(2)11(5-6-13(19)20)7-8-15-14(21)16-9-12(18)17(3)4/h10-11H,5-9H2,1-4H3,(H,19,20)(H2,15,16,21). The average molecular weight is 301 g/mol. The number of likely N-dealkylation sites (N-methyl/N-ethyl adjacent to an activating group) is 1. The summed E-state index contributed by atoms with van der Waals surface area (Å²) in [6, 6.07) is -0.383. The first-order valence-electron chi connectivity index (χ1n) is 7.17. The van der Waals surface area contributed by atoms with E-state index in [-0.39, 0.29) is 30.8 Å². The zero-order valence-electron chi connectivity index (χ0n) is 13.3. The summed E-state index contributed by atoms with van der Waals surface area (Å²) in [5.74, 6) is -0.352. The summed E-state index contributed by atoms with van der Waals surface area (Å²) < 4.78 is 0. The molecule has 0 radical (unpaired) electrons. The van der Waals surface area contributed by atoms with Crippen LogP contribution >= 0.6 is 0 Å². The largest absolute Gasteiger partial charge is 0.481 e. The van der Waals surface area contributed by atoms with Gasteiger partial charge in [-0.3, -0.25) is 9.59 Å². The number of hydrogen-bond acceptors (Lipinski definition) is 3. The molecule has 0 heterocycles. The van der Waals surface area contributed by atoms with E-state index in [0.717, 1.165) is 6.42 Å². The fraction of sp³-hybridized carbons (Fsp3) is 0.786. The molecule has 3 amide bonds. The summed E-state index contributed by atoms with van der Waals surface area (Å²) in [5, 5.41) is 13.9. The topological polar surface area (TPSA) is 98.7 Å². The van der Waals surface area contributed by atoms with E-state index in [1.165, 1.54) is 4.90 Å². The van der Waals surface area contributed by atoms with Gasteiger partial charge in [0, 0.05) is 27.1 Å². The van der Waals surface area contributed by atoms with Gasteiger partial charge in [0.15, 0.2) is 0 Å². The highest BCUT2D eigenvalue weighted by Crippen LogP contribution is 2.20. The molecule has 122 valence electrons. The highest BCUT2D eigenvalue weighted by Gasteiger charge is 2.15. The van der Waals surface area contributed by atoms with Gasteiger partial charge in [-0.2, -0.15) is 0 Å². The summed E-state index contributed by atoms with van der Waals surface area (Å²) in [6.07, 6.45) is 1.47. The second kappa shape index (κ2) is 10.0. The van der Waals surface area contributed by atoms with Crippen molar-refractivity contribution in [1.82, 2.24) is 15.5 Å². The Morgan fingerprint density at radius 1 is 1.10 bits per heavy atom. The zero-order valence-corrected chi connectivity index (χ0v) is 13.3. The van der Waals surface area contributed by atoms with Crippen molar-refractivity contribution in [3.8, 4) is 0 Å². The van der Waals surface area contributed by atoms with Gasteiger partial charge in [0.05, 0.1) is 6.54 Å². The van der Waals surface area contributed by atoms with Crippen LogP contribution in [0.1, 0.15) is 33.1 Å². The zero-order chi connectivity index (χ0) is 16.4. The summed E-state index contributed by atoms with van der Waals surface area (Å²) in [4.78, 5) is 34.8. The fourth-order valence-electron chi connectivity index (χ4n) is 1.87. The lowest BCUT2D eigenvalue weighted by Gasteiger charge is -2.20. The van der Waals surface area contributed by atoms with Gasteiger partial charge in [-0.05, 0) is 24.7 Å². The molecule has 0 aliphatic rings. The van der Waals surface area contributed by atoms with Gasteiger partial charge < -0.3 is 20.6 Å². The van der Waals surface area contributed by atoms with Gasteiger partial charge in [-0.25, -0.2) is 4.79 Å². The van der Waals surface area contributed by atoms with Crippen LogP contribution in [-0.2, 0) is 9.59 Å². The van der Waals surface area contributed by atoms with Gasteiger partial charge in [-0.15, -0.1) is 0 Å². The van der Waals surface area contributed by atoms with Crippen LogP contribution in [0.3, 0.4) is 0 Å². The predicted molar refractivity (Wildman–Crippen MR) is 79.9 cm³/mol. The maximum Gasteiger partial charge on any atom is 0.315 e. The first kappa shape index (κ1) is 19.2. The molecule has 0 aromatic carbocycles. The number of urea groups is 1. The number of amides is 3. The van der Waals surface area contributed by atoms with Crippen LogP contribution in [0.15, 0.2) is 0 Å². The van der Waals surface area contributed by atoms with Crippen molar-refractivity contribution >= 4 is 17.9 Å². The van der Waals surface area contributed by atoms with Crippen molar-refractivity contribution in [3.05, 3.63) is 0 Å². The molecule has 1 atom stereocenters. The molecule has 0 aliphatic heterocycles. The van der Waals surface area contributed by atoms with Crippen LogP contribution < -0.4 is 10.6 Å². The maximum atomic E-state index is 11.5. The van der Waals surface area contributed by atoms with Gasteiger partial charge >= 0.3 is 12.0 Å². The van der Waals surface area contributed by atoms with Crippen LogP contribution in [-0.4, -0.2) is 55.1 Å². The summed E-state index contributed by atoms with van der Waals surface area (Å²) in [5.41, 5.74) is 0. The Morgan fingerprint density at radius 3 is 2.19 bits per heavy atom. The number of nitrogens with zero attached hydrogens (tertiary/aromatic N) is 1. The highest BCUT2D eigenvalue weighted by molar-refractivity contribution is 5.83. The van der Waals surface area contributed by atoms with E-state index < -0.39 is 5.97 Å². The molecule has 1 unspecified atom stereocenters. The lowest BCUT2D eigenvalue weighted by molar-refractivity contribution is -0.137.